The molecule has 3 aromatic carbocycles. The number of likely N-dealkylation sites (tertiary alicyclic amines) is 1. The van der Waals surface area contributed by atoms with Crippen molar-refractivity contribution < 1.29 is 14.3 Å². The van der Waals surface area contributed by atoms with Crippen LogP contribution in [0, 0.1) is 17.8 Å². The van der Waals surface area contributed by atoms with Crippen molar-refractivity contribution in [2.45, 2.75) is 69.8 Å². The fraction of sp³-hybridized carbons (Fsp3) is 0.389. The molecule has 9 rings (SSSR count). The second kappa shape index (κ2) is 10.2. The lowest BCUT2D eigenvalue weighted by atomic mass is 9.99. The zero-order valence-electron chi connectivity index (χ0n) is 25.9. The molecule has 2 aliphatic heterocycles. The van der Waals surface area contributed by atoms with Crippen molar-refractivity contribution in [1.29, 1.82) is 0 Å². The molecule has 0 bridgehead atoms. The number of imidazole rings is 2. The van der Waals surface area contributed by atoms with Crippen LogP contribution in [0.15, 0.2) is 60.8 Å². The van der Waals surface area contributed by atoms with Crippen molar-refractivity contribution in [2.75, 3.05) is 0 Å². The van der Waals surface area contributed by atoms with Crippen LogP contribution >= 0.6 is 0 Å². The predicted octanol–water partition coefficient (Wildman–Crippen LogP) is 5.98. The normalized spacial score (nSPS) is 26.8. The minimum Gasteiger partial charge on any atom is -0.436 e. The summed E-state index contributed by atoms with van der Waals surface area (Å²) in [5.41, 5.74) is 11.6. The van der Waals surface area contributed by atoms with Crippen LogP contribution in [0.4, 0.5) is 4.79 Å². The molecule has 2 aromatic heterocycles. The van der Waals surface area contributed by atoms with Gasteiger partial charge in [-0.05, 0) is 89.6 Å². The van der Waals surface area contributed by atoms with Crippen LogP contribution in [-0.4, -0.2) is 55.0 Å². The molecule has 5 aromatic rings. The lowest BCUT2D eigenvalue weighted by Gasteiger charge is -2.31. The molecule has 7 atom stereocenters. The summed E-state index contributed by atoms with van der Waals surface area (Å²) in [6.45, 7) is 3.72. The van der Waals surface area contributed by atoms with Gasteiger partial charge in [-0.1, -0.05) is 44.2 Å². The summed E-state index contributed by atoms with van der Waals surface area (Å²) in [5, 5.41) is 5.98. The Morgan fingerprint density at radius 3 is 2.41 bits per heavy atom. The minimum atomic E-state index is -0.931. The number of aromatic nitrogens is 4. The van der Waals surface area contributed by atoms with E-state index in [2.05, 4.69) is 69.9 Å². The van der Waals surface area contributed by atoms with Gasteiger partial charge in [-0.2, -0.15) is 0 Å². The van der Waals surface area contributed by atoms with Crippen LogP contribution in [0.25, 0.3) is 44.2 Å². The summed E-state index contributed by atoms with van der Waals surface area (Å²) >= 11 is 0. The van der Waals surface area contributed by atoms with E-state index in [1.807, 2.05) is 24.9 Å². The third-order valence-electron chi connectivity index (χ3n) is 10.6. The van der Waals surface area contributed by atoms with E-state index in [9.17, 15) is 9.59 Å². The Morgan fingerprint density at radius 1 is 0.891 bits per heavy atom. The van der Waals surface area contributed by atoms with Gasteiger partial charge in [0.05, 0.1) is 35.0 Å². The number of amides is 2. The van der Waals surface area contributed by atoms with E-state index in [0.29, 0.717) is 18.0 Å². The van der Waals surface area contributed by atoms with E-state index in [-0.39, 0.29) is 23.9 Å². The molecule has 5 N–H and O–H groups in total. The third kappa shape index (κ3) is 4.65. The summed E-state index contributed by atoms with van der Waals surface area (Å²) < 4.78 is 5.24. The van der Waals surface area contributed by atoms with Crippen LogP contribution in [0.3, 0.4) is 0 Å². The maximum absolute atomic E-state index is 13.6. The Bertz CT molecular complexity index is 2020. The molecule has 4 aliphatic rings. The predicted molar refractivity (Wildman–Crippen MR) is 174 cm³/mol. The van der Waals surface area contributed by atoms with Crippen molar-refractivity contribution in [3.05, 3.63) is 72.4 Å². The van der Waals surface area contributed by atoms with E-state index < -0.39 is 12.2 Å². The molecule has 4 fully saturated rings. The highest BCUT2D eigenvalue weighted by Crippen LogP contribution is 2.53. The number of H-pyrrole nitrogens is 2. The molecule has 4 heterocycles. The lowest BCUT2D eigenvalue weighted by Crippen LogP contribution is -2.46. The van der Waals surface area contributed by atoms with Crippen LogP contribution in [0.1, 0.15) is 63.3 Å². The van der Waals surface area contributed by atoms with E-state index in [1.165, 1.54) is 12.8 Å². The number of rotatable bonds is 7. The van der Waals surface area contributed by atoms with Crippen molar-refractivity contribution in [3.63, 3.8) is 0 Å². The number of fused-ring (bicyclic) bond motifs is 4. The minimum absolute atomic E-state index is 0.157. The first-order chi connectivity index (χ1) is 22.3. The first kappa shape index (κ1) is 27.6. The molecule has 10 heteroatoms. The SMILES string of the molecule is CC(C)[C@H](OC(N)=O)C(=O)N1[C@@H]2C[C@@H]2C[C@H]1c1ncc(-c2ccc3cc(-c4ccc5nc([C@@H]6C[C@H]7C[C@H]7N6)[nH]c5c4)ccc3c2)[nH]1. The van der Waals surface area contributed by atoms with Crippen molar-refractivity contribution >= 4 is 33.8 Å². The first-order valence-electron chi connectivity index (χ1n) is 16.4. The summed E-state index contributed by atoms with van der Waals surface area (Å²) in [6.07, 6.45) is 4.31. The number of ether oxygens (including phenoxy) is 1. The maximum Gasteiger partial charge on any atom is 0.405 e. The molecule has 0 unspecified atom stereocenters. The number of hydrogen-bond donors (Lipinski definition) is 4. The molecule has 0 radical (unpaired) electrons. The number of carbonyl (C=O) groups is 2. The maximum atomic E-state index is 13.6. The molecule has 2 saturated heterocycles. The zero-order chi connectivity index (χ0) is 31.3. The summed E-state index contributed by atoms with van der Waals surface area (Å²) in [6, 6.07) is 20.5. The number of carbonyl (C=O) groups excluding carboxylic acids is 2. The molecular formula is C36H37N7O3. The van der Waals surface area contributed by atoms with Gasteiger partial charge in [0, 0.05) is 17.6 Å². The van der Waals surface area contributed by atoms with Crippen molar-refractivity contribution in [1.82, 2.24) is 30.2 Å². The molecule has 2 aliphatic carbocycles. The molecular weight excluding hydrogens is 578 g/mol. The topological polar surface area (TPSA) is 142 Å². The average Bonchev–Trinajstić information content (AvgIpc) is 3.64. The van der Waals surface area contributed by atoms with Gasteiger partial charge in [0.2, 0.25) is 0 Å². The number of nitrogens with two attached hydrogens (primary N) is 1. The second-order valence-corrected chi connectivity index (χ2v) is 14.0. The smallest absolute Gasteiger partial charge is 0.405 e. The summed E-state index contributed by atoms with van der Waals surface area (Å²) in [7, 11) is 0. The van der Waals surface area contributed by atoms with E-state index >= 15 is 0 Å². The van der Waals surface area contributed by atoms with Gasteiger partial charge in [0.1, 0.15) is 11.6 Å². The summed E-state index contributed by atoms with van der Waals surface area (Å²) in [5.74, 6) is 2.70. The standard InChI is InChI=1S/C36H37N7O3/c1-17(2)32(46-36(37)45)35(44)43-30-14-24(30)15-31(43)34-38-16-29(42-34)22-6-5-18-9-19(3-4-20(18)10-22)21-7-8-25-27(11-21)41-33(40-25)28-13-23-12-26(23)39-28/h3-11,16-17,23-24,26,28,30-32,39H,12-15H2,1-2H3,(H2,37,45)(H,38,42)(H,40,41)/t23-,24-,26-,28+,30-,31+,32+/m1/s1. The third-order valence-corrected chi connectivity index (χ3v) is 10.6. The van der Waals surface area contributed by atoms with Gasteiger partial charge in [0.25, 0.3) is 5.91 Å². The Hall–Kier alpha value is -4.70. The van der Waals surface area contributed by atoms with Crippen LogP contribution in [-0.2, 0) is 9.53 Å². The van der Waals surface area contributed by atoms with Gasteiger partial charge in [0.15, 0.2) is 6.10 Å². The Kier molecular flexibility index (Phi) is 6.09. The number of piperidine rings is 2. The van der Waals surface area contributed by atoms with Crippen molar-refractivity contribution in [2.24, 2.45) is 23.5 Å². The van der Waals surface area contributed by atoms with Crippen molar-refractivity contribution in [3.8, 4) is 22.4 Å². The molecule has 46 heavy (non-hydrogen) atoms. The fourth-order valence-corrected chi connectivity index (χ4v) is 7.91. The molecule has 0 spiro atoms. The number of hydrogen-bond acceptors (Lipinski definition) is 6. The van der Waals surface area contributed by atoms with Gasteiger partial charge in [-0.15, -0.1) is 0 Å². The number of aromatic amines is 2. The highest BCUT2D eigenvalue weighted by Gasteiger charge is 2.56. The molecule has 2 saturated carbocycles. The highest BCUT2D eigenvalue weighted by atomic mass is 16.6. The van der Waals surface area contributed by atoms with Gasteiger partial charge in [-0.25, -0.2) is 14.8 Å². The van der Waals surface area contributed by atoms with Crippen LogP contribution in [0.2, 0.25) is 0 Å². The van der Waals surface area contributed by atoms with E-state index in [1.54, 1.807) is 0 Å². The van der Waals surface area contributed by atoms with E-state index in [4.69, 9.17) is 20.4 Å². The highest BCUT2D eigenvalue weighted by molar-refractivity contribution is 5.92. The fourth-order valence-electron chi connectivity index (χ4n) is 7.91. The van der Waals surface area contributed by atoms with Gasteiger partial charge < -0.3 is 30.7 Å². The number of nitrogens with zero attached hydrogens (tertiary/aromatic N) is 3. The monoisotopic (exact) mass is 615 g/mol. The van der Waals surface area contributed by atoms with Crippen LogP contribution < -0.4 is 11.1 Å². The number of primary amides is 1. The van der Waals surface area contributed by atoms with Gasteiger partial charge >= 0.3 is 6.09 Å². The number of nitrogens with one attached hydrogen (secondary N) is 3. The Labute approximate surface area is 266 Å². The molecule has 234 valence electrons. The largest absolute Gasteiger partial charge is 0.436 e. The quantitative estimate of drug-likeness (QED) is 0.178. The van der Waals surface area contributed by atoms with Crippen LogP contribution in [0.5, 0.6) is 0 Å². The molecule has 10 nitrogen and oxygen atoms in total. The Morgan fingerprint density at radius 2 is 1.65 bits per heavy atom. The average molecular weight is 616 g/mol. The molecule has 2 amide bonds. The number of benzene rings is 3. The van der Waals surface area contributed by atoms with E-state index in [0.717, 1.165) is 74.6 Å². The van der Waals surface area contributed by atoms with Gasteiger partial charge in [-0.3, -0.25) is 4.79 Å². The zero-order valence-corrected chi connectivity index (χ0v) is 25.9. The lowest BCUT2D eigenvalue weighted by molar-refractivity contribution is -0.144. The first-order valence-corrected chi connectivity index (χ1v) is 16.4. The Balaban J connectivity index is 0.950. The second-order valence-electron chi connectivity index (χ2n) is 14.0. The summed E-state index contributed by atoms with van der Waals surface area (Å²) in [4.78, 5) is 43.6.